The molecule has 0 aliphatic rings. The Labute approximate surface area is 100 Å². The standard InChI is InChI=1S/C12H11N.BH3O3/c1-3-7-11(8-4-1)13-12-9-5-2-6-10-12;2-1(3)4/h1-10,13H;2-4H. The van der Waals surface area contributed by atoms with E-state index < -0.39 is 7.32 Å². The zero-order chi connectivity index (χ0) is 12.5. The second-order valence-electron chi connectivity index (χ2n) is 3.20. The molecule has 2 aromatic rings. The minimum absolute atomic E-state index is 1.12. The summed E-state index contributed by atoms with van der Waals surface area (Å²) in [7, 11) is -2.17. The molecular weight excluding hydrogens is 217 g/mol. The first-order valence-corrected chi connectivity index (χ1v) is 5.10. The molecule has 0 unspecified atom stereocenters. The van der Waals surface area contributed by atoms with Crippen LogP contribution in [0.1, 0.15) is 0 Å². The number of hydrogen-bond acceptors (Lipinski definition) is 4. The van der Waals surface area contributed by atoms with Crippen molar-refractivity contribution in [3.63, 3.8) is 0 Å². The molecule has 0 spiro atoms. The normalized spacial score (nSPS) is 8.88. The van der Waals surface area contributed by atoms with Gasteiger partial charge in [0.25, 0.3) is 0 Å². The van der Waals surface area contributed by atoms with Crippen LogP contribution < -0.4 is 5.32 Å². The van der Waals surface area contributed by atoms with Crippen LogP contribution in [0.2, 0.25) is 0 Å². The molecule has 4 nitrogen and oxygen atoms in total. The van der Waals surface area contributed by atoms with Crippen molar-refractivity contribution in [2.24, 2.45) is 0 Å². The Balaban J connectivity index is 0.000000317. The van der Waals surface area contributed by atoms with Crippen molar-refractivity contribution >= 4 is 18.7 Å². The van der Waals surface area contributed by atoms with Crippen LogP contribution in [0, 0.1) is 0 Å². The first-order chi connectivity index (χ1) is 8.18. The predicted octanol–water partition coefficient (Wildman–Crippen LogP) is 1.38. The van der Waals surface area contributed by atoms with Gasteiger partial charge in [0.15, 0.2) is 0 Å². The van der Waals surface area contributed by atoms with Crippen molar-refractivity contribution in [2.75, 3.05) is 5.32 Å². The van der Waals surface area contributed by atoms with Gasteiger partial charge < -0.3 is 20.4 Å². The summed E-state index contributed by atoms with van der Waals surface area (Å²) < 4.78 is 0. The van der Waals surface area contributed by atoms with Crippen molar-refractivity contribution in [2.45, 2.75) is 0 Å². The van der Waals surface area contributed by atoms with Crippen LogP contribution in [0.25, 0.3) is 0 Å². The summed E-state index contributed by atoms with van der Waals surface area (Å²) in [4.78, 5) is 0. The zero-order valence-electron chi connectivity index (χ0n) is 9.19. The monoisotopic (exact) mass is 231 g/mol. The van der Waals surface area contributed by atoms with E-state index in [1.165, 1.54) is 0 Å². The fraction of sp³-hybridized carbons (Fsp3) is 0. The lowest BCUT2D eigenvalue weighted by Gasteiger charge is -2.04. The van der Waals surface area contributed by atoms with E-state index in [9.17, 15) is 0 Å². The molecule has 0 saturated heterocycles. The molecule has 17 heavy (non-hydrogen) atoms. The molecule has 5 heteroatoms. The summed E-state index contributed by atoms with van der Waals surface area (Å²) in [6.45, 7) is 0. The fourth-order valence-corrected chi connectivity index (χ4v) is 1.21. The quantitative estimate of drug-likeness (QED) is 0.589. The van der Waals surface area contributed by atoms with E-state index >= 15 is 0 Å². The van der Waals surface area contributed by atoms with E-state index in [0.717, 1.165) is 11.4 Å². The third-order valence-corrected chi connectivity index (χ3v) is 1.84. The molecular formula is C12H14BNO3. The van der Waals surface area contributed by atoms with E-state index in [2.05, 4.69) is 5.32 Å². The highest BCUT2D eigenvalue weighted by molar-refractivity contribution is 6.30. The Morgan fingerprint density at radius 3 is 1.24 bits per heavy atom. The summed E-state index contributed by atoms with van der Waals surface area (Å²) >= 11 is 0. The number of para-hydroxylation sites is 2. The first kappa shape index (κ1) is 13.3. The van der Waals surface area contributed by atoms with Crippen LogP contribution in [0.15, 0.2) is 60.7 Å². The molecule has 0 aromatic heterocycles. The Morgan fingerprint density at radius 1 is 0.647 bits per heavy atom. The molecule has 0 atom stereocenters. The van der Waals surface area contributed by atoms with Crippen LogP contribution in [-0.4, -0.2) is 22.4 Å². The summed E-state index contributed by atoms with van der Waals surface area (Å²) in [5.41, 5.74) is 2.24. The smallest absolute Gasteiger partial charge is 0.402 e. The first-order valence-electron chi connectivity index (χ1n) is 5.10. The minimum atomic E-state index is -2.17. The lowest BCUT2D eigenvalue weighted by Crippen LogP contribution is -2.07. The van der Waals surface area contributed by atoms with Gasteiger partial charge in [0.05, 0.1) is 0 Å². The van der Waals surface area contributed by atoms with Crippen LogP contribution in [0.4, 0.5) is 11.4 Å². The van der Waals surface area contributed by atoms with Gasteiger partial charge in [-0.1, -0.05) is 36.4 Å². The summed E-state index contributed by atoms with van der Waals surface area (Å²) in [6, 6.07) is 20.3. The van der Waals surface area contributed by atoms with E-state index in [1.54, 1.807) is 0 Å². The van der Waals surface area contributed by atoms with Crippen LogP contribution in [-0.2, 0) is 0 Å². The second kappa shape index (κ2) is 7.46. The Hall–Kier alpha value is -1.82. The second-order valence-corrected chi connectivity index (χ2v) is 3.20. The largest absolute Gasteiger partial charge is 0.631 e. The van der Waals surface area contributed by atoms with Crippen molar-refractivity contribution in [1.29, 1.82) is 0 Å². The summed E-state index contributed by atoms with van der Waals surface area (Å²) in [5, 5.41) is 24.8. The maximum atomic E-state index is 7.17. The van der Waals surface area contributed by atoms with Crippen LogP contribution >= 0.6 is 0 Å². The van der Waals surface area contributed by atoms with E-state index in [-0.39, 0.29) is 0 Å². The van der Waals surface area contributed by atoms with Crippen molar-refractivity contribution in [1.82, 2.24) is 0 Å². The topological polar surface area (TPSA) is 72.7 Å². The highest BCUT2D eigenvalue weighted by Crippen LogP contribution is 2.14. The highest BCUT2D eigenvalue weighted by Gasteiger charge is 1.92. The lowest BCUT2D eigenvalue weighted by atomic mass is 10.3. The van der Waals surface area contributed by atoms with E-state index in [4.69, 9.17) is 15.1 Å². The number of rotatable bonds is 2. The van der Waals surface area contributed by atoms with Gasteiger partial charge in [0.2, 0.25) is 0 Å². The van der Waals surface area contributed by atoms with Crippen LogP contribution in [0.3, 0.4) is 0 Å². The molecule has 0 aliphatic heterocycles. The van der Waals surface area contributed by atoms with Gasteiger partial charge in [-0.25, -0.2) is 0 Å². The third kappa shape index (κ3) is 6.37. The maximum Gasteiger partial charge on any atom is 0.631 e. The lowest BCUT2D eigenvalue weighted by molar-refractivity contribution is 0.278. The average Bonchev–Trinajstić information content (AvgIpc) is 2.31. The molecule has 0 saturated carbocycles. The van der Waals surface area contributed by atoms with Gasteiger partial charge in [-0.15, -0.1) is 0 Å². The molecule has 0 radical (unpaired) electrons. The molecule has 0 heterocycles. The van der Waals surface area contributed by atoms with Gasteiger partial charge >= 0.3 is 7.32 Å². The van der Waals surface area contributed by atoms with Crippen LogP contribution in [0.5, 0.6) is 0 Å². The SMILES string of the molecule is OB(O)O.c1ccc(Nc2ccccc2)cc1. The number of hydrogen-bond donors (Lipinski definition) is 4. The number of benzene rings is 2. The molecule has 88 valence electrons. The maximum absolute atomic E-state index is 7.17. The van der Waals surface area contributed by atoms with Gasteiger partial charge in [0.1, 0.15) is 0 Å². The van der Waals surface area contributed by atoms with Gasteiger partial charge in [-0.2, -0.15) is 0 Å². The molecule has 2 rings (SSSR count). The average molecular weight is 231 g/mol. The zero-order valence-corrected chi connectivity index (χ0v) is 9.19. The third-order valence-electron chi connectivity index (χ3n) is 1.84. The fourth-order valence-electron chi connectivity index (χ4n) is 1.21. The minimum Gasteiger partial charge on any atom is -0.402 e. The summed E-state index contributed by atoms with van der Waals surface area (Å²) in [5.74, 6) is 0. The summed E-state index contributed by atoms with van der Waals surface area (Å²) in [6.07, 6.45) is 0. The van der Waals surface area contributed by atoms with Crippen molar-refractivity contribution < 1.29 is 15.1 Å². The Bertz CT molecular complexity index is 368. The Morgan fingerprint density at radius 2 is 0.941 bits per heavy atom. The molecule has 0 amide bonds. The van der Waals surface area contributed by atoms with Gasteiger partial charge in [0, 0.05) is 11.4 Å². The van der Waals surface area contributed by atoms with Crippen molar-refractivity contribution in [3.8, 4) is 0 Å². The molecule has 2 aromatic carbocycles. The highest BCUT2D eigenvalue weighted by atomic mass is 16.5. The van der Waals surface area contributed by atoms with E-state index in [0.29, 0.717) is 0 Å². The van der Waals surface area contributed by atoms with Gasteiger partial charge in [-0.05, 0) is 24.3 Å². The molecule has 0 aliphatic carbocycles. The molecule has 0 bridgehead atoms. The Kier molecular flexibility index (Phi) is 5.81. The van der Waals surface area contributed by atoms with E-state index in [1.807, 2.05) is 60.7 Å². The molecule has 0 fully saturated rings. The van der Waals surface area contributed by atoms with Crippen molar-refractivity contribution in [3.05, 3.63) is 60.7 Å². The molecule has 4 N–H and O–H groups in total. The number of anilines is 2. The number of nitrogens with one attached hydrogen (secondary N) is 1. The van der Waals surface area contributed by atoms with Gasteiger partial charge in [-0.3, -0.25) is 0 Å². The predicted molar refractivity (Wildman–Crippen MR) is 68.6 cm³/mol.